The molecule has 15 heavy (non-hydrogen) atoms. The fourth-order valence-corrected chi connectivity index (χ4v) is 1.55. The normalized spacial score (nSPS) is 12.7. The first-order valence-corrected chi connectivity index (χ1v) is 5.32. The summed E-state index contributed by atoms with van der Waals surface area (Å²) in [5.74, 6) is 0. The molecule has 0 aliphatic rings. The molecule has 0 fully saturated rings. The molecule has 0 spiro atoms. The summed E-state index contributed by atoms with van der Waals surface area (Å²) in [5.41, 5.74) is 0.857. The van der Waals surface area contributed by atoms with Crippen molar-refractivity contribution in [2.45, 2.75) is 12.6 Å². The van der Waals surface area contributed by atoms with Crippen molar-refractivity contribution >= 4 is 15.9 Å². The highest BCUT2D eigenvalue weighted by Crippen LogP contribution is 2.17. The highest BCUT2D eigenvalue weighted by atomic mass is 79.9. The van der Waals surface area contributed by atoms with Crippen LogP contribution in [0.25, 0.3) is 0 Å². The Kier molecular flexibility index (Phi) is 3.13. The van der Waals surface area contributed by atoms with E-state index in [1.54, 1.807) is 12.4 Å². The molecule has 1 atom stereocenters. The van der Waals surface area contributed by atoms with Crippen LogP contribution in [0, 0.1) is 0 Å². The van der Waals surface area contributed by atoms with Gasteiger partial charge in [-0.3, -0.25) is 0 Å². The highest BCUT2D eigenvalue weighted by Gasteiger charge is 2.08. The maximum atomic E-state index is 9.87. The minimum absolute atomic E-state index is 0.370. The Morgan fingerprint density at radius 3 is 2.40 bits per heavy atom. The lowest BCUT2D eigenvalue weighted by Gasteiger charge is -2.09. The predicted octanol–water partition coefficient (Wildman–Crippen LogP) is 1.77. The number of rotatable bonds is 3. The Hall–Kier alpha value is -1.20. The van der Waals surface area contributed by atoms with Crippen molar-refractivity contribution in [3.63, 3.8) is 0 Å². The largest absolute Gasteiger partial charge is 0.386 e. The third-order valence-corrected chi connectivity index (χ3v) is 2.59. The summed E-state index contributed by atoms with van der Waals surface area (Å²) in [6.07, 6.45) is 2.60. The van der Waals surface area contributed by atoms with Crippen molar-refractivity contribution in [2.24, 2.45) is 0 Å². The van der Waals surface area contributed by atoms with Gasteiger partial charge >= 0.3 is 0 Å². The molecule has 2 rings (SSSR count). The van der Waals surface area contributed by atoms with Gasteiger partial charge in [-0.25, -0.2) is 0 Å². The first-order valence-electron chi connectivity index (χ1n) is 4.53. The van der Waals surface area contributed by atoms with E-state index in [1.165, 1.54) is 4.80 Å². The smallest absolute Gasteiger partial charge is 0.100 e. The lowest BCUT2D eigenvalue weighted by molar-refractivity contribution is 0.145. The van der Waals surface area contributed by atoms with Gasteiger partial charge in [-0.15, -0.1) is 0 Å². The molecule has 1 aromatic heterocycles. The van der Waals surface area contributed by atoms with Crippen LogP contribution in [-0.2, 0) is 6.54 Å². The maximum Gasteiger partial charge on any atom is 0.100 e. The molecule has 0 bridgehead atoms. The second-order valence-corrected chi connectivity index (χ2v) is 4.07. The summed E-state index contributed by atoms with van der Waals surface area (Å²) >= 11 is 3.34. The van der Waals surface area contributed by atoms with E-state index < -0.39 is 6.10 Å². The molecule has 4 nitrogen and oxygen atoms in total. The Labute approximate surface area is 95.7 Å². The summed E-state index contributed by atoms with van der Waals surface area (Å²) in [6.45, 7) is 0.370. The first-order chi connectivity index (χ1) is 7.25. The Morgan fingerprint density at radius 2 is 1.80 bits per heavy atom. The van der Waals surface area contributed by atoms with Crippen molar-refractivity contribution in [1.29, 1.82) is 0 Å². The molecule has 0 saturated heterocycles. The zero-order chi connectivity index (χ0) is 10.7. The van der Waals surface area contributed by atoms with Crippen molar-refractivity contribution in [2.75, 3.05) is 0 Å². The van der Waals surface area contributed by atoms with Crippen LogP contribution in [0.3, 0.4) is 0 Å². The number of hydrogen-bond acceptors (Lipinski definition) is 3. The van der Waals surface area contributed by atoms with Crippen LogP contribution in [0.2, 0.25) is 0 Å². The maximum absolute atomic E-state index is 9.87. The third-order valence-electron chi connectivity index (χ3n) is 2.06. The molecular weight excluding hydrogens is 258 g/mol. The van der Waals surface area contributed by atoms with E-state index in [0.717, 1.165) is 10.0 Å². The molecular formula is C10H10BrN3O. The van der Waals surface area contributed by atoms with Crippen LogP contribution in [0.1, 0.15) is 11.7 Å². The van der Waals surface area contributed by atoms with Gasteiger partial charge in [0.15, 0.2) is 0 Å². The van der Waals surface area contributed by atoms with Gasteiger partial charge < -0.3 is 5.11 Å². The number of benzene rings is 1. The van der Waals surface area contributed by atoms with Crippen LogP contribution in [0.4, 0.5) is 0 Å². The topological polar surface area (TPSA) is 50.9 Å². The molecule has 0 amide bonds. The van der Waals surface area contributed by atoms with Gasteiger partial charge in [0.2, 0.25) is 0 Å². The minimum Gasteiger partial charge on any atom is -0.386 e. The molecule has 1 N–H and O–H groups in total. The first kappa shape index (κ1) is 10.3. The standard InChI is InChI=1S/C10H10BrN3O/c11-9-3-1-8(2-4-9)10(15)7-14-12-5-6-13-14/h1-6,10,15H,7H2. The fraction of sp³-hybridized carbons (Fsp3) is 0.200. The van der Waals surface area contributed by atoms with Gasteiger partial charge in [0.1, 0.15) is 6.10 Å². The number of halogens is 1. The summed E-state index contributed by atoms with van der Waals surface area (Å²) in [4.78, 5) is 1.46. The van der Waals surface area contributed by atoms with E-state index in [9.17, 15) is 5.11 Å². The molecule has 0 saturated carbocycles. The molecule has 2 aromatic rings. The van der Waals surface area contributed by atoms with E-state index in [2.05, 4.69) is 26.1 Å². The second-order valence-electron chi connectivity index (χ2n) is 3.15. The van der Waals surface area contributed by atoms with Crippen LogP contribution >= 0.6 is 15.9 Å². The van der Waals surface area contributed by atoms with E-state index >= 15 is 0 Å². The van der Waals surface area contributed by atoms with E-state index in [4.69, 9.17) is 0 Å². The van der Waals surface area contributed by atoms with E-state index in [1.807, 2.05) is 24.3 Å². The molecule has 0 aliphatic heterocycles. The molecule has 1 aromatic carbocycles. The van der Waals surface area contributed by atoms with E-state index in [0.29, 0.717) is 6.54 Å². The number of hydrogen-bond donors (Lipinski definition) is 1. The van der Waals surface area contributed by atoms with Crippen molar-refractivity contribution in [1.82, 2.24) is 15.0 Å². The number of nitrogens with zero attached hydrogens (tertiary/aromatic N) is 3. The van der Waals surface area contributed by atoms with Crippen molar-refractivity contribution in [3.8, 4) is 0 Å². The van der Waals surface area contributed by atoms with Gasteiger partial charge in [0.05, 0.1) is 18.9 Å². The fourth-order valence-electron chi connectivity index (χ4n) is 1.28. The van der Waals surface area contributed by atoms with Crippen LogP contribution < -0.4 is 0 Å². The van der Waals surface area contributed by atoms with Gasteiger partial charge in [-0.2, -0.15) is 15.0 Å². The van der Waals surface area contributed by atoms with Crippen molar-refractivity contribution < 1.29 is 5.11 Å². The monoisotopic (exact) mass is 267 g/mol. The lowest BCUT2D eigenvalue weighted by atomic mass is 10.1. The van der Waals surface area contributed by atoms with Crippen LogP contribution in [-0.4, -0.2) is 20.1 Å². The molecule has 1 heterocycles. The minimum atomic E-state index is -0.578. The number of aromatic nitrogens is 3. The lowest BCUT2D eigenvalue weighted by Crippen LogP contribution is -2.11. The third kappa shape index (κ3) is 2.64. The summed E-state index contributed by atoms with van der Waals surface area (Å²) in [7, 11) is 0. The number of aliphatic hydroxyl groups is 1. The van der Waals surface area contributed by atoms with Gasteiger partial charge in [0, 0.05) is 4.47 Å². The van der Waals surface area contributed by atoms with Crippen LogP contribution in [0.5, 0.6) is 0 Å². The molecule has 5 heteroatoms. The van der Waals surface area contributed by atoms with Gasteiger partial charge in [-0.05, 0) is 17.7 Å². The zero-order valence-electron chi connectivity index (χ0n) is 7.92. The average Bonchev–Trinajstić information content (AvgIpc) is 2.71. The molecule has 0 radical (unpaired) electrons. The Bertz CT molecular complexity index is 413. The predicted molar refractivity (Wildman–Crippen MR) is 59.1 cm³/mol. The SMILES string of the molecule is OC(Cn1nccn1)c1ccc(Br)cc1. The molecule has 78 valence electrons. The molecule has 0 aliphatic carbocycles. The summed E-state index contributed by atoms with van der Waals surface area (Å²) in [6, 6.07) is 7.54. The average molecular weight is 268 g/mol. The van der Waals surface area contributed by atoms with Crippen LogP contribution in [0.15, 0.2) is 41.1 Å². The Balaban J connectivity index is 2.08. The molecule has 1 unspecified atom stereocenters. The van der Waals surface area contributed by atoms with E-state index in [-0.39, 0.29) is 0 Å². The van der Waals surface area contributed by atoms with Gasteiger partial charge in [0.25, 0.3) is 0 Å². The Morgan fingerprint density at radius 1 is 1.20 bits per heavy atom. The second kappa shape index (κ2) is 4.55. The van der Waals surface area contributed by atoms with Gasteiger partial charge in [-0.1, -0.05) is 28.1 Å². The highest BCUT2D eigenvalue weighted by molar-refractivity contribution is 9.10. The van der Waals surface area contributed by atoms with Crippen molar-refractivity contribution in [3.05, 3.63) is 46.7 Å². The summed E-state index contributed by atoms with van der Waals surface area (Å²) < 4.78 is 0.996. The number of aliphatic hydroxyl groups excluding tert-OH is 1. The quantitative estimate of drug-likeness (QED) is 0.923. The zero-order valence-corrected chi connectivity index (χ0v) is 9.50. The summed E-state index contributed by atoms with van der Waals surface area (Å²) in [5, 5.41) is 17.7.